The van der Waals surface area contributed by atoms with Crippen LogP contribution in [0.15, 0.2) is 41.2 Å². The minimum atomic E-state index is -0.194. The summed E-state index contributed by atoms with van der Waals surface area (Å²) in [5, 5.41) is 0.709. The molecular formula is C14H9BrClIN2O. The first-order chi connectivity index (χ1) is 9.54. The van der Waals surface area contributed by atoms with Gasteiger partial charge < -0.3 is 9.97 Å². The highest BCUT2D eigenvalue weighted by Gasteiger charge is 2.15. The molecule has 0 spiro atoms. The van der Waals surface area contributed by atoms with Gasteiger partial charge in [0.15, 0.2) is 0 Å². The smallest absolute Gasteiger partial charge is 0.306 e. The molecule has 102 valence electrons. The van der Waals surface area contributed by atoms with Crippen LogP contribution in [0.2, 0.25) is 5.02 Å². The van der Waals surface area contributed by atoms with Crippen LogP contribution >= 0.6 is 50.1 Å². The normalized spacial score (nSPS) is 12.8. The zero-order valence-corrected chi connectivity index (χ0v) is 14.6. The Morgan fingerprint density at radius 3 is 2.65 bits per heavy atom. The van der Waals surface area contributed by atoms with E-state index < -0.39 is 0 Å². The van der Waals surface area contributed by atoms with E-state index in [0.717, 1.165) is 25.7 Å². The third-order valence-corrected chi connectivity index (χ3v) is 5.30. The minimum Gasteiger partial charge on any atom is -0.306 e. The highest BCUT2D eigenvalue weighted by molar-refractivity contribution is 14.1. The number of aromatic nitrogens is 2. The van der Waals surface area contributed by atoms with E-state index >= 15 is 0 Å². The molecule has 1 aromatic heterocycles. The van der Waals surface area contributed by atoms with E-state index in [4.69, 9.17) is 11.6 Å². The summed E-state index contributed by atoms with van der Waals surface area (Å²) in [4.78, 5) is 16.8. The summed E-state index contributed by atoms with van der Waals surface area (Å²) >= 11 is 12.1. The van der Waals surface area contributed by atoms with Gasteiger partial charge in [-0.15, -0.1) is 0 Å². The molecule has 6 heteroatoms. The molecule has 0 aliphatic heterocycles. The maximum absolute atomic E-state index is 11.3. The van der Waals surface area contributed by atoms with Crippen molar-refractivity contribution in [1.82, 2.24) is 9.97 Å². The summed E-state index contributed by atoms with van der Waals surface area (Å²) in [6, 6.07) is 11.7. The van der Waals surface area contributed by atoms with E-state index in [0.29, 0.717) is 5.02 Å². The third kappa shape index (κ3) is 2.66. The standard InChI is InChI=1S/C14H9BrClIN2O/c15-13(9-6-8(16)2-3-10(9)17)7-1-4-11-12(5-7)19-14(20)18-11/h1-6,13H,(H2,18,19,20). The van der Waals surface area contributed by atoms with Gasteiger partial charge in [-0.2, -0.15) is 0 Å². The van der Waals surface area contributed by atoms with Crippen molar-refractivity contribution in [1.29, 1.82) is 0 Å². The Hall–Kier alpha value is -0.790. The number of benzene rings is 2. The summed E-state index contributed by atoms with van der Waals surface area (Å²) < 4.78 is 1.14. The molecule has 0 aliphatic carbocycles. The fourth-order valence-electron chi connectivity index (χ4n) is 2.10. The van der Waals surface area contributed by atoms with Gasteiger partial charge in [0.1, 0.15) is 0 Å². The van der Waals surface area contributed by atoms with Crippen LogP contribution in [0, 0.1) is 3.57 Å². The van der Waals surface area contributed by atoms with Crippen molar-refractivity contribution in [2.45, 2.75) is 4.83 Å². The van der Waals surface area contributed by atoms with Crippen LogP contribution in [-0.4, -0.2) is 9.97 Å². The van der Waals surface area contributed by atoms with E-state index in [2.05, 4.69) is 48.5 Å². The number of imidazole rings is 1. The molecule has 1 heterocycles. The first-order valence-corrected chi connectivity index (χ1v) is 8.23. The highest BCUT2D eigenvalue weighted by Crippen LogP contribution is 2.35. The van der Waals surface area contributed by atoms with Crippen molar-refractivity contribution in [3.63, 3.8) is 0 Å². The van der Waals surface area contributed by atoms with Crippen molar-refractivity contribution in [2.24, 2.45) is 0 Å². The second-order valence-electron chi connectivity index (χ2n) is 4.41. The maximum atomic E-state index is 11.3. The van der Waals surface area contributed by atoms with Crippen LogP contribution in [0.5, 0.6) is 0 Å². The first kappa shape index (κ1) is 14.2. The van der Waals surface area contributed by atoms with Gasteiger partial charge in [0.05, 0.1) is 15.9 Å². The molecule has 0 aliphatic rings. The molecular weight excluding hydrogens is 454 g/mol. The molecule has 0 bridgehead atoms. The molecule has 1 atom stereocenters. The lowest BCUT2D eigenvalue weighted by Crippen LogP contribution is -1.99. The average Bonchev–Trinajstić information content (AvgIpc) is 2.79. The van der Waals surface area contributed by atoms with Crippen LogP contribution in [0.3, 0.4) is 0 Å². The molecule has 3 nitrogen and oxygen atoms in total. The lowest BCUT2D eigenvalue weighted by atomic mass is 10.0. The Morgan fingerprint density at radius 2 is 1.85 bits per heavy atom. The van der Waals surface area contributed by atoms with Gasteiger partial charge in [-0.1, -0.05) is 33.6 Å². The van der Waals surface area contributed by atoms with Crippen LogP contribution in [-0.2, 0) is 0 Å². The third-order valence-electron chi connectivity index (χ3n) is 3.06. The monoisotopic (exact) mass is 462 g/mol. The summed E-state index contributed by atoms with van der Waals surface area (Å²) in [6.45, 7) is 0. The largest absolute Gasteiger partial charge is 0.323 e. The van der Waals surface area contributed by atoms with E-state index in [1.54, 1.807) is 0 Å². The predicted octanol–water partition coefficient (Wildman–Crippen LogP) is 4.60. The van der Waals surface area contributed by atoms with Crippen molar-refractivity contribution in [2.75, 3.05) is 0 Å². The van der Waals surface area contributed by atoms with Crippen LogP contribution < -0.4 is 5.69 Å². The molecule has 1 unspecified atom stereocenters. The quantitative estimate of drug-likeness (QED) is 0.424. The fourth-order valence-corrected chi connectivity index (χ4v) is 4.02. The van der Waals surface area contributed by atoms with Crippen molar-refractivity contribution >= 4 is 61.2 Å². The molecule has 2 aromatic carbocycles. The summed E-state index contributed by atoms with van der Waals surface area (Å²) in [5.41, 5.74) is 3.58. The van der Waals surface area contributed by atoms with Crippen molar-refractivity contribution in [3.8, 4) is 0 Å². The van der Waals surface area contributed by atoms with Gasteiger partial charge >= 0.3 is 5.69 Å². The molecule has 0 amide bonds. The number of aromatic amines is 2. The van der Waals surface area contributed by atoms with Gasteiger partial charge in [0, 0.05) is 8.59 Å². The lowest BCUT2D eigenvalue weighted by molar-refractivity contribution is 1.17. The van der Waals surface area contributed by atoms with E-state index in [1.165, 1.54) is 0 Å². The van der Waals surface area contributed by atoms with Gasteiger partial charge in [0.25, 0.3) is 0 Å². The van der Waals surface area contributed by atoms with Gasteiger partial charge in [-0.25, -0.2) is 4.79 Å². The Morgan fingerprint density at radius 1 is 1.10 bits per heavy atom. The van der Waals surface area contributed by atoms with E-state index in [1.807, 2.05) is 36.4 Å². The molecule has 3 rings (SSSR count). The van der Waals surface area contributed by atoms with Crippen molar-refractivity contribution < 1.29 is 0 Å². The Bertz CT molecular complexity index is 843. The molecule has 0 saturated heterocycles. The molecule has 2 N–H and O–H groups in total. The number of halogens is 3. The van der Waals surface area contributed by atoms with E-state index in [-0.39, 0.29) is 10.5 Å². The van der Waals surface area contributed by atoms with E-state index in [9.17, 15) is 4.79 Å². The SMILES string of the molecule is O=c1[nH]c2ccc(C(Br)c3cc(Cl)ccc3I)cc2[nH]1. The minimum absolute atomic E-state index is 0.0240. The number of hydrogen-bond acceptors (Lipinski definition) is 1. The number of H-pyrrole nitrogens is 2. The summed E-state index contributed by atoms with van der Waals surface area (Å²) in [5.74, 6) is 0. The zero-order chi connectivity index (χ0) is 14.3. The Kier molecular flexibility index (Phi) is 3.92. The molecule has 20 heavy (non-hydrogen) atoms. The highest BCUT2D eigenvalue weighted by atomic mass is 127. The topological polar surface area (TPSA) is 48.6 Å². The number of fused-ring (bicyclic) bond motifs is 1. The molecule has 0 saturated carbocycles. The number of alkyl halides is 1. The van der Waals surface area contributed by atoms with Crippen LogP contribution in [0.1, 0.15) is 16.0 Å². The van der Waals surface area contributed by atoms with Gasteiger partial charge in [0.2, 0.25) is 0 Å². The summed E-state index contributed by atoms with van der Waals surface area (Å²) in [7, 11) is 0. The molecule has 0 fully saturated rings. The summed E-state index contributed by atoms with van der Waals surface area (Å²) in [6.07, 6.45) is 0. The number of rotatable bonds is 2. The molecule has 0 radical (unpaired) electrons. The predicted molar refractivity (Wildman–Crippen MR) is 93.9 cm³/mol. The van der Waals surface area contributed by atoms with Crippen LogP contribution in [0.25, 0.3) is 11.0 Å². The maximum Gasteiger partial charge on any atom is 0.323 e. The average molecular weight is 464 g/mol. The fraction of sp³-hybridized carbons (Fsp3) is 0.0714. The number of hydrogen-bond donors (Lipinski definition) is 2. The van der Waals surface area contributed by atoms with Gasteiger partial charge in [-0.3, -0.25) is 0 Å². The second-order valence-corrected chi connectivity index (χ2v) is 6.93. The Balaban J connectivity index is 2.09. The molecule has 3 aromatic rings. The van der Waals surface area contributed by atoms with Crippen molar-refractivity contribution in [3.05, 3.63) is 66.6 Å². The second kappa shape index (κ2) is 5.54. The number of nitrogens with one attached hydrogen (secondary N) is 2. The van der Waals surface area contributed by atoms with Crippen LogP contribution in [0.4, 0.5) is 0 Å². The Labute approximate surface area is 142 Å². The van der Waals surface area contributed by atoms with Gasteiger partial charge in [-0.05, 0) is 64.0 Å². The zero-order valence-electron chi connectivity index (χ0n) is 10.1. The lowest BCUT2D eigenvalue weighted by Gasteiger charge is -2.13. The first-order valence-electron chi connectivity index (χ1n) is 5.85.